The van der Waals surface area contributed by atoms with Gasteiger partial charge in [0.05, 0.1) is 44.5 Å². The van der Waals surface area contributed by atoms with Crippen molar-refractivity contribution in [3.8, 4) is 22.6 Å². The van der Waals surface area contributed by atoms with E-state index in [4.69, 9.17) is 4.98 Å². The average Bonchev–Trinajstić information content (AvgIpc) is 3.87. The lowest BCUT2D eigenvalue weighted by atomic mass is 10.1. The Morgan fingerprint density at radius 3 is 1.79 bits per heavy atom. The highest BCUT2D eigenvalue weighted by atomic mass is 15.0. The van der Waals surface area contributed by atoms with Gasteiger partial charge in [-0.1, -0.05) is 103 Å². The van der Waals surface area contributed by atoms with Gasteiger partial charge in [0.15, 0.2) is 0 Å². The first kappa shape index (κ1) is 24.9. The number of pyridine rings is 1. The molecule has 0 aliphatic carbocycles. The van der Waals surface area contributed by atoms with Gasteiger partial charge in [0, 0.05) is 43.6 Å². The lowest BCUT2D eigenvalue weighted by Gasteiger charge is -2.12. The highest BCUT2D eigenvalue weighted by molar-refractivity contribution is 6.18. The fourth-order valence-electron chi connectivity index (χ4n) is 8.09. The standard InChI is InChI=1S/C43H26N4/c1-2-12-27(13-3-1)42-43-31-25-24-28(26-33(31)37-20-11-23-40(44-42)47(37)43)45-36-19-9-6-16-32(36)41-38(45)21-10-22-39(41)46-34-17-7-4-14-29(34)30-15-5-8-18-35(30)46/h1-26H. The molecule has 0 bridgehead atoms. The van der Waals surface area contributed by atoms with Crippen molar-refractivity contribution < 1.29 is 0 Å². The van der Waals surface area contributed by atoms with Crippen LogP contribution < -0.4 is 0 Å². The van der Waals surface area contributed by atoms with E-state index >= 15 is 0 Å². The van der Waals surface area contributed by atoms with Crippen LogP contribution in [0.15, 0.2) is 158 Å². The van der Waals surface area contributed by atoms with Gasteiger partial charge < -0.3 is 9.13 Å². The van der Waals surface area contributed by atoms with Gasteiger partial charge in [0.2, 0.25) is 0 Å². The third-order valence-corrected chi connectivity index (χ3v) is 9.98. The lowest BCUT2D eigenvalue weighted by Crippen LogP contribution is -1.96. The molecule has 0 N–H and O–H groups in total. The lowest BCUT2D eigenvalue weighted by molar-refractivity contribution is 1.17. The van der Waals surface area contributed by atoms with Crippen molar-refractivity contribution in [2.45, 2.75) is 0 Å². The molecule has 0 saturated carbocycles. The summed E-state index contributed by atoms with van der Waals surface area (Å²) < 4.78 is 7.20. The van der Waals surface area contributed by atoms with E-state index in [0.717, 1.165) is 22.6 Å². The van der Waals surface area contributed by atoms with E-state index in [1.807, 2.05) is 0 Å². The van der Waals surface area contributed by atoms with Crippen LogP contribution in [-0.4, -0.2) is 18.5 Å². The molecule has 0 amide bonds. The first-order chi connectivity index (χ1) is 23.3. The van der Waals surface area contributed by atoms with Gasteiger partial charge in [-0.25, -0.2) is 4.98 Å². The number of imidazole rings is 1. The summed E-state index contributed by atoms with van der Waals surface area (Å²) in [5, 5.41) is 7.47. The molecule has 218 valence electrons. The van der Waals surface area contributed by atoms with Crippen LogP contribution in [0.25, 0.3) is 93.7 Å². The van der Waals surface area contributed by atoms with E-state index in [-0.39, 0.29) is 0 Å². The second-order valence-electron chi connectivity index (χ2n) is 12.4. The van der Waals surface area contributed by atoms with E-state index < -0.39 is 0 Å². The summed E-state index contributed by atoms with van der Waals surface area (Å²) in [5.74, 6) is 0. The normalized spacial score (nSPS) is 12.3. The van der Waals surface area contributed by atoms with E-state index in [0.29, 0.717) is 0 Å². The highest BCUT2D eigenvalue weighted by Gasteiger charge is 2.22. The van der Waals surface area contributed by atoms with Gasteiger partial charge in [-0.3, -0.25) is 4.40 Å². The zero-order valence-electron chi connectivity index (χ0n) is 25.3. The SMILES string of the molecule is c1ccc(-c2nc3cccc4c5cc(-n6c7ccccc7c7c(-n8c9ccccc9c9ccccc98)cccc76)ccc5c2n34)cc1. The third-order valence-electron chi connectivity index (χ3n) is 9.98. The maximum atomic E-state index is 5.08. The zero-order chi connectivity index (χ0) is 30.6. The Morgan fingerprint density at radius 1 is 0.404 bits per heavy atom. The summed E-state index contributed by atoms with van der Waals surface area (Å²) in [7, 11) is 0. The largest absolute Gasteiger partial charge is 0.309 e. The molecule has 47 heavy (non-hydrogen) atoms. The Hall–Kier alpha value is -6.39. The number of nitrogens with zero attached hydrogens (tertiary/aromatic N) is 4. The van der Waals surface area contributed by atoms with E-state index in [9.17, 15) is 0 Å². The highest BCUT2D eigenvalue weighted by Crippen LogP contribution is 2.42. The quantitative estimate of drug-likeness (QED) is 0.199. The van der Waals surface area contributed by atoms with Crippen molar-refractivity contribution in [2.24, 2.45) is 0 Å². The van der Waals surface area contributed by atoms with Crippen molar-refractivity contribution >= 4 is 71.1 Å². The molecule has 5 aromatic heterocycles. The first-order valence-electron chi connectivity index (χ1n) is 16.1. The molecule has 0 atom stereocenters. The smallest absolute Gasteiger partial charge is 0.138 e. The Kier molecular flexibility index (Phi) is 4.81. The van der Waals surface area contributed by atoms with Crippen molar-refractivity contribution in [3.05, 3.63) is 158 Å². The molecule has 0 unspecified atom stereocenters. The molecule has 0 fully saturated rings. The summed E-state index contributed by atoms with van der Waals surface area (Å²) in [5.41, 5.74) is 12.6. The number of aromatic nitrogens is 4. The second-order valence-corrected chi connectivity index (χ2v) is 12.4. The number of fused-ring (bicyclic) bond motifs is 9. The van der Waals surface area contributed by atoms with Crippen LogP contribution >= 0.6 is 0 Å². The van der Waals surface area contributed by atoms with E-state index in [1.54, 1.807) is 0 Å². The summed E-state index contributed by atoms with van der Waals surface area (Å²) in [4.78, 5) is 5.08. The third kappa shape index (κ3) is 3.23. The molecular formula is C43H26N4. The minimum absolute atomic E-state index is 0.974. The Balaban J connectivity index is 1.22. The molecule has 11 rings (SSSR count). The Morgan fingerprint density at radius 2 is 1.02 bits per heavy atom. The van der Waals surface area contributed by atoms with Gasteiger partial charge in [0.1, 0.15) is 5.65 Å². The molecule has 4 nitrogen and oxygen atoms in total. The molecule has 0 spiro atoms. The number of benzene rings is 6. The maximum absolute atomic E-state index is 5.08. The summed E-state index contributed by atoms with van der Waals surface area (Å²) >= 11 is 0. The molecule has 0 aliphatic heterocycles. The van der Waals surface area contributed by atoms with Crippen LogP contribution in [0.1, 0.15) is 0 Å². The van der Waals surface area contributed by atoms with Gasteiger partial charge in [-0.2, -0.15) is 0 Å². The van der Waals surface area contributed by atoms with Gasteiger partial charge in [-0.05, 0) is 54.6 Å². The van der Waals surface area contributed by atoms with Gasteiger partial charge >= 0.3 is 0 Å². The van der Waals surface area contributed by atoms with Crippen molar-refractivity contribution in [1.82, 2.24) is 18.5 Å². The minimum atomic E-state index is 0.974. The van der Waals surface area contributed by atoms with Crippen molar-refractivity contribution in [3.63, 3.8) is 0 Å². The van der Waals surface area contributed by atoms with Crippen molar-refractivity contribution in [1.29, 1.82) is 0 Å². The van der Waals surface area contributed by atoms with Crippen molar-refractivity contribution in [2.75, 3.05) is 0 Å². The van der Waals surface area contributed by atoms with Crippen LogP contribution in [0.5, 0.6) is 0 Å². The zero-order valence-corrected chi connectivity index (χ0v) is 25.3. The van der Waals surface area contributed by atoms with Crippen LogP contribution in [0.3, 0.4) is 0 Å². The van der Waals surface area contributed by atoms with Crippen LogP contribution in [-0.2, 0) is 0 Å². The van der Waals surface area contributed by atoms with Crippen LogP contribution in [0.4, 0.5) is 0 Å². The van der Waals surface area contributed by atoms with Gasteiger partial charge in [-0.15, -0.1) is 0 Å². The van der Waals surface area contributed by atoms with E-state index in [1.165, 1.54) is 71.1 Å². The first-order valence-corrected chi connectivity index (χ1v) is 16.1. The monoisotopic (exact) mass is 598 g/mol. The molecule has 0 radical (unpaired) electrons. The molecule has 0 saturated heterocycles. The average molecular weight is 599 g/mol. The second kappa shape index (κ2) is 9.09. The Labute approximate surface area is 269 Å². The summed E-state index contributed by atoms with van der Waals surface area (Å²) in [6, 6.07) is 57.0. The van der Waals surface area contributed by atoms with Crippen LogP contribution in [0.2, 0.25) is 0 Å². The summed E-state index contributed by atoms with van der Waals surface area (Å²) in [6.45, 7) is 0. The topological polar surface area (TPSA) is 27.2 Å². The molecule has 4 heteroatoms. The molecule has 5 heterocycles. The predicted octanol–water partition coefficient (Wildman–Crippen LogP) is 10.9. The molecule has 6 aromatic carbocycles. The van der Waals surface area contributed by atoms with Crippen LogP contribution in [0, 0.1) is 0 Å². The fourth-order valence-corrected chi connectivity index (χ4v) is 8.09. The molecule has 11 aromatic rings. The summed E-state index contributed by atoms with van der Waals surface area (Å²) in [6.07, 6.45) is 0. The fraction of sp³-hybridized carbons (Fsp3) is 0. The number of hydrogen-bond acceptors (Lipinski definition) is 1. The Bertz CT molecular complexity index is 2960. The predicted molar refractivity (Wildman–Crippen MR) is 196 cm³/mol. The maximum Gasteiger partial charge on any atom is 0.138 e. The molecular weight excluding hydrogens is 573 g/mol. The number of rotatable bonds is 3. The number of para-hydroxylation sites is 3. The molecule has 0 aliphatic rings. The minimum Gasteiger partial charge on any atom is -0.309 e. The number of hydrogen-bond donors (Lipinski definition) is 0. The van der Waals surface area contributed by atoms with Gasteiger partial charge in [0.25, 0.3) is 0 Å². The van der Waals surface area contributed by atoms with E-state index in [2.05, 4.69) is 171 Å².